The molecule has 1 fully saturated rings. The summed E-state index contributed by atoms with van der Waals surface area (Å²) in [5.41, 5.74) is 16.6. The van der Waals surface area contributed by atoms with Crippen LogP contribution in [0.15, 0.2) is 18.3 Å². The second kappa shape index (κ2) is 9.44. The van der Waals surface area contributed by atoms with Gasteiger partial charge in [-0.3, -0.25) is 4.79 Å². The third-order valence-electron chi connectivity index (χ3n) is 6.70. The molecule has 10 heteroatoms. The van der Waals surface area contributed by atoms with Crippen molar-refractivity contribution in [3.05, 3.63) is 40.2 Å². The molecule has 3 atom stereocenters. The van der Waals surface area contributed by atoms with Crippen molar-refractivity contribution in [1.29, 1.82) is 0 Å². The van der Waals surface area contributed by atoms with E-state index in [1.807, 2.05) is 13.8 Å². The molecule has 2 aliphatic rings. The van der Waals surface area contributed by atoms with E-state index in [0.29, 0.717) is 40.0 Å². The number of amides is 1. The summed E-state index contributed by atoms with van der Waals surface area (Å²) in [5.74, 6) is 1.14. The lowest BCUT2D eigenvalue weighted by atomic mass is 9.91. The number of anilines is 2. The van der Waals surface area contributed by atoms with Gasteiger partial charge in [0.05, 0.1) is 18.0 Å². The maximum Gasteiger partial charge on any atom is 0.263 e. The molecule has 9 nitrogen and oxygen atoms in total. The number of aromatic nitrogens is 3. The summed E-state index contributed by atoms with van der Waals surface area (Å²) >= 11 is 1.29. The molecule has 1 aliphatic heterocycles. The highest BCUT2D eigenvalue weighted by molar-refractivity contribution is 7.21. The minimum atomic E-state index is -0.163. The Hall–Kier alpha value is -2.82. The van der Waals surface area contributed by atoms with Gasteiger partial charge < -0.3 is 26.4 Å². The Morgan fingerprint density at radius 2 is 2.18 bits per heavy atom. The van der Waals surface area contributed by atoms with Gasteiger partial charge in [0, 0.05) is 49.6 Å². The van der Waals surface area contributed by atoms with Crippen molar-refractivity contribution >= 4 is 39.1 Å². The van der Waals surface area contributed by atoms with Crippen molar-refractivity contribution in [3.63, 3.8) is 0 Å². The van der Waals surface area contributed by atoms with Gasteiger partial charge in [-0.05, 0) is 44.7 Å². The third kappa shape index (κ3) is 4.45. The number of thiophene rings is 1. The van der Waals surface area contributed by atoms with E-state index in [1.165, 1.54) is 16.9 Å². The van der Waals surface area contributed by atoms with Crippen molar-refractivity contribution in [3.8, 4) is 0 Å². The maximum atomic E-state index is 13.0. The summed E-state index contributed by atoms with van der Waals surface area (Å²) < 4.78 is 5.59. The largest absolute Gasteiger partial charge is 0.396 e. The average molecular weight is 482 g/mol. The molecule has 0 aromatic carbocycles. The first-order valence-corrected chi connectivity index (χ1v) is 12.6. The molecule has 0 bridgehead atoms. The topological polar surface area (TPSA) is 132 Å². The number of aryl methyl sites for hydroxylation is 2. The van der Waals surface area contributed by atoms with Crippen LogP contribution < -0.4 is 21.7 Å². The highest BCUT2D eigenvalue weighted by atomic mass is 32.1. The molecule has 5 rings (SSSR count). The van der Waals surface area contributed by atoms with E-state index in [0.717, 1.165) is 49.6 Å². The number of nitrogen functional groups attached to an aromatic ring is 1. The lowest BCUT2D eigenvalue weighted by molar-refractivity contribution is 0.0938. The van der Waals surface area contributed by atoms with Gasteiger partial charge in [0.25, 0.3) is 5.91 Å². The Balaban J connectivity index is 1.24. The van der Waals surface area contributed by atoms with Crippen LogP contribution in [-0.2, 0) is 17.6 Å². The van der Waals surface area contributed by atoms with E-state index < -0.39 is 0 Å². The lowest BCUT2D eigenvalue weighted by Gasteiger charge is -2.26. The summed E-state index contributed by atoms with van der Waals surface area (Å²) in [6, 6.07) is 4.35. The van der Waals surface area contributed by atoms with Crippen LogP contribution >= 0.6 is 11.3 Å². The third-order valence-corrected chi connectivity index (χ3v) is 7.79. The van der Waals surface area contributed by atoms with E-state index in [9.17, 15) is 4.79 Å². The van der Waals surface area contributed by atoms with Gasteiger partial charge in [-0.2, -0.15) is 0 Å². The lowest BCUT2D eigenvalue weighted by Crippen LogP contribution is -2.39. The minimum Gasteiger partial charge on any atom is -0.396 e. The molecule has 1 aliphatic carbocycles. The summed E-state index contributed by atoms with van der Waals surface area (Å²) in [6.07, 6.45) is 4.07. The van der Waals surface area contributed by atoms with Crippen LogP contribution in [0.25, 0.3) is 10.3 Å². The first-order valence-electron chi connectivity index (χ1n) is 11.8. The van der Waals surface area contributed by atoms with Crippen molar-refractivity contribution in [1.82, 2.24) is 20.3 Å². The summed E-state index contributed by atoms with van der Waals surface area (Å²) in [4.78, 5) is 30.2. The molecular formula is C24H31N7O2S. The minimum absolute atomic E-state index is 0.0377. The van der Waals surface area contributed by atoms with Gasteiger partial charge in [-0.25, -0.2) is 15.0 Å². The van der Waals surface area contributed by atoms with Gasteiger partial charge in [0.2, 0.25) is 0 Å². The quantitative estimate of drug-likeness (QED) is 0.487. The second-order valence-corrected chi connectivity index (χ2v) is 10.2. The number of carbonyl (C=O) groups excluding carboxylic acids is 1. The van der Waals surface area contributed by atoms with Crippen LogP contribution in [-0.4, -0.2) is 59.2 Å². The standard InChI is InChI=1S/C24H31N7O2S/c1-3-33-12-15-10-31(11-17(15)25)19-7-4-14-8-16(5-6-18(14)30-19)29-23(32)22-20(26)21-24(34-22)28-13(2)9-27-21/h4,7,9,15-17H,3,5-6,8,10-12,25-26H2,1-2H3,(H,29,32). The second-order valence-electron chi connectivity index (χ2n) is 9.19. The van der Waals surface area contributed by atoms with Gasteiger partial charge in [-0.15, -0.1) is 11.3 Å². The molecule has 3 unspecified atom stereocenters. The fraction of sp³-hybridized carbons (Fsp3) is 0.500. The molecule has 34 heavy (non-hydrogen) atoms. The zero-order valence-corrected chi connectivity index (χ0v) is 20.4. The number of carbonyl (C=O) groups is 1. The Morgan fingerprint density at radius 3 is 3.00 bits per heavy atom. The summed E-state index contributed by atoms with van der Waals surface area (Å²) in [5, 5.41) is 3.16. The Bertz CT molecular complexity index is 1210. The van der Waals surface area contributed by atoms with Crippen molar-refractivity contribution in [2.24, 2.45) is 11.7 Å². The number of fused-ring (bicyclic) bond motifs is 2. The van der Waals surface area contributed by atoms with Crippen molar-refractivity contribution < 1.29 is 9.53 Å². The predicted octanol–water partition coefficient (Wildman–Crippen LogP) is 2.06. The Labute approximate surface area is 202 Å². The Morgan fingerprint density at radius 1 is 1.32 bits per heavy atom. The zero-order valence-electron chi connectivity index (χ0n) is 19.6. The molecule has 0 spiro atoms. The first-order chi connectivity index (χ1) is 16.4. The molecule has 180 valence electrons. The van der Waals surface area contributed by atoms with Gasteiger partial charge >= 0.3 is 0 Å². The number of nitrogens with one attached hydrogen (secondary N) is 1. The molecule has 1 amide bonds. The fourth-order valence-electron chi connectivity index (χ4n) is 4.82. The van der Waals surface area contributed by atoms with Crippen LogP contribution in [0.5, 0.6) is 0 Å². The molecule has 3 aromatic heterocycles. The molecule has 0 saturated carbocycles. The normalized spacial score (nSPS) is 22.2. The molecule has 3 aromatic rings. The maximum absolute atomic E-state index is 13.0. The van der Waals surface area contributed by atoms with E-state index in [1.54, 1.807) is 6.20 Å². The Kier molecular flexibility index (Phi) is 6.37. The highest BCUT2D eigenvalue weighted by Gasteiger charge is 2.32. The fourth-order valence-corrected chi connectivity index (χ4v) is 5.82. The van der Waals surface area contributed by atoms with E-state index in [2.05, 4.69) is 32.3 Å². The predicted molar refractivity (Wildman–Crippen MR) is 134 cm³/mol. The number of ether oxygens (including phenoxy) is 1. The van der Waals surface area contributed by atoms with Gasteiger partial charge in [0.1, 0.15) is 21.0 Å². The zero-order chi connectivity index (χ0) is 23.8. The first kappa shape index (κ1) is 22.9. The van der Waals surface area contributed by atoms with Gasteiger partial charge in [0.15, 0.2) is 0 Å². The SMILES string of the molecule is CCOCC1CN(c2ccc3c(n2)CCC(NC(=O)c2sc4nc(C)cnc4c2N)C3)CC1N. The smallest absolute Gasteiger partial charge is 0.263 e. The van der Waals surface area contributed by atoms with Crippen LogP contribution in [0.2, 0.25) is 0 Å². The summed E-state index contributed by atoms with van der Waals surface area (Å²) in [6.45, 7) is 6.94. The number of pyridine rings is 1. The average Bonchev–Trinajstić information content (AvgIpc) is 3.36. The van der Waals surface area contributed by atoms with Crippen LogP contribution in [0, 0.1) is 12.8 Å². The van der Waals surface area contributed by atoms with Crippen LogP contribution in [0.3, 0.4) is 0 Å². The van der Waals surface area contributed by atoms with Crippen molar-refractivity contribution in [2.75, 3.05) is 36.9 Å². The molecule has 0 radical (unpaired) electrons. The summed E-state index contributed by atoms with van der Waals surface area (Å²) in [7, 11) is 0. The number of nitrogens with two attached hydrogens (primary N) is 2. The van der Waals surface area contributed by atoms with E-state index in [4.69, 9.17) is 21.2 Å². The van der Waals surface area contributed by atoms with Crippen molar-refractivity contribution in [2.45, 2.75) is 45.2 Å². The molecule has 5 N–H and O–H groups in total. The number of hydrogen-bond donors (Lipinski definition) is 3. The molecular weight excluding hydrogens is 450 g/mol. The van der Waals surface area contributed by atoms with E-state index >= 15 is 0 Å². The number of hydrogen-bond acceptors (Lipinski definition) is 9. The monoisotopic (exact) mass is 481 g/mol. The number of rotatable bonds is 6. The van der Waals surface area contributed by atoms with Gasteiger partial charge in [-0.1, -0.05) is 6.07 Å². The van der Waals surface area contributed by atoms with Crippen LogP contribution in [0.4, 0.5) is 11.5 Å². The van der Waals surface area contributed by atoms with E-state index in [-0.39, 0.29) is 18.0 Å². The van der Waals surface area contributed by atoms with Crippen LogP contribution in [0.1, 0.15) is 40.0 Å². The number of nitrogens with zero attached hydrogens (tertiary/aromatic N) is 4. The highest BCUT2D eigenvalue weighted by Crippen LogP contribution is 2.32. The molecule has 1 saturated heterocycles. The molecule has 4 heterocycles.